The zero-order chi connectivity index (χ0) is 58.4. The number of aliphatic hydroxyl groups is 12. The van der Waals surface area contributed by atoms with Gasteiger partial charge in [0.1, 0.15) is 79.4 Å². The number of carboxylic acids is 1. The van der Waals surface area contributed by atoms with Crippen LogP contribution < -0.4 is 0 Å². The van der Waals surface area contributed by atoms with E-state index in [2.05, 4.69) is 26.8 Å². The molecule has 7 fully saturated rings. The molecule has 79 heavy (non-hydrogen) atoms. The van der Waals surface area contributed by atoms with Crippen molar-refractivity contribution < 1.29 is 119 Å². The van der Waals surface area contributed by atoms with Gasteiger partial charge >= 0.3 is 17.9 Å². The Bertz CT molecular complexity index is 2230. The summed E-state index contributed by atoms with van der Waals surface area (Å²) in [5.74, 6) is -4.15. The standard InChI is InChI=1S/C55H88O24/c1-10-23(2)46(71)79-43-44(72-24(3)60)55(22-59)26(17-50(43,4)5)25-11-12-30-51(6)15-14-32(52(7,21-58)29(51)13-16-53(30,8)54(25,9)18-31(55)61)75-49-41(77-48-38(67)36(65)34(63)28(20-57)74-48)39(68)40(42(78-49)45(69)70)76-47-37(66)35(64)33(62)27(19-56)73-47/h11,23,26-44,47-49,56-59,61-68H,10,12-22H2,1-9H3,(H,69,70). The first-order chi connectivity index (χ1) is 36.9. The Balaban J connectivity index is 1.11. The van der Waals surface area contributed by atoms with E-state index >= 15 is 0 Å². The van der Waals surface area contributed by atoms with Crippen molar-refractivity contribution in [3.8, 4) is 0 Å². The quantitative estimate of drug-likeness (QED) is 0.0518. The van der Waals surface area contributed by atoms with Gasteiger partial charge in [-0.3, -0.25) is 9.59 Å². The lowest BCUT2D eigenvalue weighted by molar-refractivity contribution is -0.392. The van der Waals surface area contributed by atoms with E-state index in [1.165, 1.54) is 6.92 Å². The summed E-state index contributed by atoms with van der Waals surface area (Å²) >= 11 is 0. The van der Waals surface area contributed by atoms with Crippen LogP contribution in [-0.4, -0.2) is 227 Å². The maximum atomic E-state index is 13.5. The molecule has 28 unspecified atom stereocenters. The van der Waals surface area contributed by atoms with E-state index in [4.69, 9.17) is 37.9 Å². The highest BCUT2D eigenvalue weighted by Gasteiger charge is 2.74. The molecule has 24 heteroatoms. The van der Waals surface area contributed by atoms with Gasteiger partial charge in [-0.05, 0) is 85.4 Å². The fourth-order valence-electron chi connectivity index (χ4n) is 16.3. The summed E-state index contributed by atoms with van der Waals surface area (Å²) in [6.07, 6.45) is -27.4. The van der Waals surface area contributed by atoms with Gasteiger partial charge in [-0.25, -0.2) is 4.79 Å². The average molecular weight is 1130 g/mol. The van der Waals surface area contributed by atoms with Crippen LogP contribution in [0.2, 0.25) is 0 Å². The van der Waals surface area contributed by atoms with Crippen LogP contribution in [0.4, 0.5) is 0 Å². The molecule has 8 aliphatic rings. The molecule has 4 saturated carbocycles. The van der Waals surface area contributed by atoms with Crippen LogP contribution in [0.5, 0.6) is 0 Å². The van der Waals surface area contributed by atoms with Crippen LogP contribution in [0.3, 0.4) is 0 Å². The number of allylic oxidation sites excluding steroid dienone is 2. The molecule has 8 rings (SSSR count). The minimum absolute atomic E-state index is 0.0787. The zero-order valence-electron chi connectivity index (χ0n) is 46.6. The minimum Gasteiger partial charge on any atom is -0.479 e. The highest BCUT2D eigenvalue weighted by molar-refractivity contribution is 5.73. The molecule has 0 aromatic rings. The van der Waals surface area contributed by atoms with Crippen molar-refractivity contribution in [3.63, 3.8) is 0 Å². The SMILES string of the molecule is CCC(C)C(=O)OC1C(OC(C)=O)C2(CO)C(O)CC3(C)C(=CCC4C5(C)CCC(OC6OC(C(=O)O)C(OC7OC(CO)C(O)C(O)C7O)C(O)C6OC6OC(CO)C(O)C(O)C6O)C(C)(CO)C5CCC43C)C2CC1(C)C. The van der Waals surface area contributed by atoms with Crippen LogP contribution in [0.25, 0.3) is 0 Å². The Labute approximate surface area is 459 Å². The maximum Gasteiger partial charge on any atom is 0.335 e. The van der Waals surface area contributed by atoms with Crippen molar-refractivity contribution in [1.29, 1.82) is 0 Å². The lowest BCUT2D eigenvalue weighted by Crippen LogP contribution is -2.72. The molecular formula is C55H88O24. The number of aliphatic hydroxyl groups excluding tert-OH is 12. The summed E-state index contributed by atoms with van der Waals surface area (Å²) in [5, 5.41) is 143. The van der Waals surface area contributed by atoms with Crippen LogP contribution in [0, 0.1) is 56.2 Å². The zero-order valence-corrected chi connectivity index (χ0v) is 46.6. The van der Waals surface area contributed by atoms with Gasteiger partial charge in [-0.2, -0.15) is 0 Å². The molecule has 3 heterocycles. The Morgan fingerprint density at radius 1 is 0.671 bits per heavy atom. The molecule has 3 aliphatic heterocycles. The highest BCUT2D eigenvalue weighted by Crippen LogP contribution is 2.76. The normalized spacial score (nSPS) is 50.8. The van der Waals surface area contributed by atoms with Crippen molar-refractivity contribution in [3.05, 3.63) is 11.6 Å². The molecule has 5 aliphatic carbocycles. The third-order valence-corrected chi connectivity index (χ3v) is 21.3. The number of hydrogen-bond acceptors (Lipinski definition) is 23. The number of carbonyl (C=O) groups is 3. The third-order valence-electron chi connectivity index (χ3n) is 21.3. The number of fused-ring (bicyclic) bond motifs is 7. The number of aliphatic carboxylic acids is 1. The Morgan fingerprint density at radius 2 is 1.25 bits per heavy atom. The van der Waals surface area contributed by atoms with E-state index in [0.29, 0.717) is 38.5 Å². The van der Waals surface area contributed by atoms with Gasteiger partial charge in [0.2, 0.25) is 0 Å². The smallest absolute Gasteiger partial charge is 0.335 e. The largest absolute Gasteiger partial charge is 0.479 e. The molecular weight excluding hydrogens is 1040 g/mol. The first-order valence-corrected chi connectivity index (χ1v) is 28.0. The molecule has 13 N–H and O–H groups in total. The van der Waals surface area contributed by atoms with Crippen LogP contribution in [0.15, 0.2) is 11.6 Å². The fourth-order valence-corrected chi connectivity index (χ4v) is 16.3. The summed E-state index contributed by atoms with van der Waals surface area (Å²) in [5.41, 5.74) is -4.04. The van der Waals surface area contributed by atoms with Crippen molar-refractivity contribution in [2.24, 2.45) is 56.2 Å². The van der Waals surface area contributed by atoms with Crippen molar-refractivity contribution in [1.82, 2.24) is 0 Å². The van der Waals surface area contributed by atoms with E-state index < -0.39 is 205 Å². The lowest BCUT2D eigenvalue weighted by atomic mass is 9.33. The van der Waals surface area contributed by atoms with Crippen LogP contribution >= 0.6 is 0 Å². The van der Waals surface area contributed by atoms with Crippen molar-refractivity contribution in [2.45, 2.75) is 230 Å². The molecule has 0 amide bonds. The fraction of sp³-hybridized carbons (Fsp3) is 0.909. The molecule has 0 radical (unpaired) electrons. The molecule has 0 aromatic carbocycles. The number of esters is 2. The van der Waals surface area contributed by atoms with Crippen molar-refractivity contribution in [2.75, 3.05) is 26.4 Å². The first-order valence-electron chi connectivity index (χ1n) is 28.0. The lowest BCUT2D eigenvalue weighted by Gasteiger charge is -2.72. The predicted molar refractivity (Wildman–Crippen MR) is 269 cm³/mol. The monoisotopic (exact) mass is 1130 g/mol. The Morgan fingerprint density at radius 3 is 1.77 bits per heavy atom. The van der Waals surface area contributed by atoms with Gasteiger partial charge in [0.25, 0.3) is 0 Å². The van der Waals surface area contributed by atoms with Gasteiger partial charge in [0.15, 0.2) is 25.0 Å². The van der Waals surface area contributed by atoms with Crippen molar-refractivity contribution >= 4 is 17.9 Å². The molecule has 24 nitrogen and oxygen atoms in total. The molecule has 28 atom stereocenters. The van der Waals surface area contributed by atoms with Gasteiger partial charge in [-0.15, -0.1) is 0 Å². The molecule has 0 spiro atoms. The Kier molecular flexibility index (Phi) is 18.0. The van der Waals surface area contributed by atoms with E-state index in [-0.39, 0.29) is 24.7 Å². The number of ether oxygens (including phenoxy) is 8. The topological polar surface area (TPSA) is 388 Å². The third kappa shape index (κ3) is 10.0. The van der Waals surface area contributed by atoms with Crippen LogP contribution in [0.1, 0.15) is 114 Å². The van der Waals surface area contributed by atoms with Gasteiger partial charge in [0, 0.05) is 17.8 Å². The van der Waals surface area contributed by atoms with Gasteiger partial charge in [0.05, 0.1) is 50.0 Å². The van der Waals surface area contributed by atoms with Crippen LogP contribution in [-0.2, 0) is 52.3 Å². The summed E-state index contributed by atoms with van der Waals surface area (Å²) in [7, 11) is 0. The van der Waals surface area contributed by atoms with Gasteiger partial charge in [-0.1, -0.05) is 67.0 Å². The molecule has 452 valence electrons. The average Bonchev–Trinajstić information content (AvgIpc) is 3.29. The van der Waals surface area contributed by atoms with E-state index in [9.17, 15) is 80.8 Å². The van der Waals surface area contributed by atoms with Gasteiger partial charge < -0.3 is 104 Å². The second-order valence-electron chi connectivity index (χ2n) is 25.9. The highest BCUT2D eigenvalue weighted by atomic mass is 16.8. The summed E-state index contributed by atoms with van der Waals surface area (Å²) in [4.78, 5) is 39.6. The molecule has 0 bridgehead atoms. The predicted octanol–water partition coefficient (Wildman–Crippen LogP) is -1.24. The van der Waals surface area contributed by atoms with E-state index in [1.54, 1.807) is 6.92 Å². The number of rotatable bonds is 15. The maximum absolute atomic E-state index is 13.5. The number of hydrogen-bond donors (Lipinski definition) is 13. The molecule has 0 aromatic heterocycles. The minimum atomic E-state index is -2.17. The number of carbonyl (C=O) groups excluding carboxylic acids is 2. The second-order valence-corrected chi connectivity index (χ2v) is 25.9. The summed E-state index contributed by atoms with van der Waals surface area (Å²) < 4.78 is 48.3. The summed E-state index contributed by atoms with van der Waals surface area (Å²) in [6, 6.07) is 0. The first kappa shape index (κ1) is 62.5. The number of carboxylic acid groups (broad SMARTS) is 1. The van der Waals surface area contributed by atoms with E-state index in [0.717, 1.165) is 5.57 Å². The Hall–Kier alpha value is -2.57. The van der Waals surface area contributed by atoms with E-state index in [1.807, 2.05) is 27.7 Å². The second kappa shape index (κ2) is 22.8. The summed E-state index contributed by atoms with van der Waals surface area (Å²) in [6.45, 7) is 14.5. The molecule has 3 saturated heterocycles.